The molecule has 0 amide bonds. The summed E-state index contributed by atoms with van der Waals surface area (Å²) in [6.45, 7) is 1.43. The van der Waals surface area contributed by atoms with Crippen LogP contribution in [0.25, 0.3) is 27.5 Å². The summed E-state index contributed by atoms with van der Waals surface area (Å²) in [5.41, 5.74) is 0.860. The maximum Gasteiger partial charge on any atom is 0.392 e. The van der Waals surface area contributed by atoms with E-state index in [-0.39, 0.29) is 17.7 Å². The number of rotatable bonds is 7. The molecule has 5 rings (SSSR count). The van der Waals surface area contributed by atoms with Gasteiger partial charge in [0.25, 0.3) is 0 Å². The maximum absolute atomic E-state index is 13.9. The Morgan fingerprint density at radius 3 is 2.41 bits per heavy atom. The Balaban J connectivity index is 1.67. The van der Waals surface area contributed by atoms with Gasteiger partial charge in [0.05, 0.1) is 43.1 Å². The number of alkyl halides is 3. The summed E-state index contributed by atoms with van der Waals surface area (Å²) in [4.78, 5) is 0. The molecule has 2 aromatic heterocycles. The highest BCUT2D eigenvalue weighted by atomic mass is 19.4. The van der Waals surface area contributed by atoms with E-state index in [4.69, 9.17) is 0 Å². The van der Waals surface area contributed by atoms with Gasteiger partial charge in [-0.1, -0.05) is 42.0 Å². The number of aliphatic hydroxyl groups is 3. The van der Waals surface area contributed by atoms with Gasteiger partial charge in [0.15, 0.2) is 0 Å². The molecule has 3 N–H and O–H groups in total. The van der Waals surface area contributed by atoms with Crippen LogP contribution in [0.15, 0.2) is 79.1 Å². The van der Waals surface area contributed by atoms with Crippen molar-refractivity contribution in [3.63, 3.8) is 0 Å². The van der Waals surface area contributed by atoms with Crippen molar-refractivity contribution in [1.29, 1.82) is 0 Å². The molecule has 2 heterocycles. The number of aromatic nitrogens is 3. The Kier molecular flexibility index (Phi) is 6.31. The van der Waals surface area contributed by atoms with Gasteiger partial charge in [0, 0.05) is 28.0 Å². The second-order valence-corrected chi connectivity index (χ2v) is 9.37. The summed E-state index contributed by atoms with van der Waals surface area (Å²) in [5.74, 6) is 0. The molecule has 37 heavy (non-hydrogen) atoms. The molecule has 6 nitrogen and oxygen atoms in total. The lowest BCUT2D eigenvalue weighted by atomic mass is 9.82. The minimum absolute atomic E-state index is 0.0402. The van der Waals surface area contributed by atoms with Crippen LogP contribution in [0, 0.1) is 6.92 Å². The second kappa shape index (κ2) is 9.33. The van der Waals surface area contributed by atoms with Crippen LogP contribution >= 0.6 is 0 Å². The molecular formula is C28H26F3N3O3. The molecule has 0 saturated carbocycles. The number of nitrogens with zero attached hydrogens (tertiary/aromatic N) is 3. The van der Waals surface area contributed by atoms with E-state index >= 15 is 0 Å². The monoisotopic (exact) mass is 509 g/mol. The fourth-order valence-electron chi connectivity index (χ4n) is 4.84. The molecule has 2 unspecified atom stereocenters. The first-order chi connectivity index (χ1) is 17.6. The van der Waals surface area contributed by atoms with E-state index in [0.29, 0.717) is 21.8 Å². The Labute approximate surface area is 210 Å². The van der Waals surface area contributed by atoms with Crippen LogP contribution in [0.5, 0.6) is 0 Å². The van der Waals surface area contributed by atoms with Crippen molar-refractivity contribution in [3.05, 3.63) is 95.8 Å². The summed E-state index contributed by atoms with van der Waals surface area (Å²) in [6, 6.07) is 19.1. The number of hydrogen-bond donors (Lipinski definition) is 3. The number of para-hydroxylation sites is 1. The summed E-state index contributed by atoms with van der Waals surface area (Å²) in [5, 5.41) is 36.5. The zero-order chi connectivity index (χ0) is 26.4. The molecule has 0 saturated heterocycles. The predicted octanol–water partition coefficient (Wildman–Crippen LogP) is 4.83. The Bertz CT molecular complexity index is 1560. The highest BCUT2D eigenvalue weighted by Crippen LogP contribution is 2.44. The third-order valence-electron chi connectivity index (χ3n) is 6.63. The minimum atomic E-state index is -4.68. The van der Waals surface area contributed by atoms with Gasteiger partial charge in [-0.3, -0.25) is 0 Å². The molecule has 0 spiro atoms. The molecule has 0 bridgehead atoms. The Morgan fingerprint density at radius 2 is 1.70 bits per heavy atom. The first kappa shape index (κ1) is 25.0. The van der Waals surface area contributed by atoms with Crippen molar-refractivity contribution >= 4 is 21.8 Å². The molecular weight excluding hydrogens is 483 g/mol. The molecule has 0 fully saturated rings. The fourth-order valence-corrected chi connectivity index (χ4v) is 4.84. The molecule has 5 aromatic rings. The van der Waals surface area contributed by atoms with Crippen LogP contribution in [-0.2, 0) is 12.1 Å². The highest BCUT2D eigenvalue weighted by Gasteiger charge is 2.45. The fraction of sp³-hybridized carbons (Fsp3) is 0.250. The van der Waals surface area contributed by atoms with Crippen LogP contribution in [0.2, 0.25) is 0 Å². The summed E-state index contributed by atoms with van der Waals surface area (Å²) in [6.07, 6.45) is -4.30. The largest absolute Gasteiger partial charge is 0.394 e. The average molecular weight is 510 g/mol. The molecule has 9 heteroatoms. The average Bonchev–Trinajstić information content (AvgIpc) is 3.45. The first-order valence-electron chi connectivity index (χ1n) is 11.8. The van der Waals surface area contributed by atoms with Gasteiger partial charge in [-0.2, -0.15) is 18.3 Å². The first-order valence-corrected chi connectivity index (χ1v) is 11.8. The normalized spacial score (nSPS) is 14.8. The lowest BCUT2D eigenvalue weighted by Crippen LogP contribution is -2.33. The van der Waals surface area contributed by atoms with Crippen LogP contribution in [-0.4, -0.2) is 48.6 Å². The number of aryl methyl sites for hydroxylation is 1. The lowest BCUT2D eigenvalue weighted by Gasteiger charge is -2.30. The smallest absolute Gasteiger partial charge is 0.392 e. The molecule has 2 atom stereocenters. The maximum atomic E-state index is 13.9. The van der Waals surface area contributed by atoms with Crippen molar-refractivity contribution in [2.24, 2.45) is 0 Å². The van der Waals surface area contributed by atoms with Crippen molar-refractivity contribution in [2.45, 2.75) is 37.8 Å². The number of hydrogen-bond acceptors (Lipinski definition) is 4. The molecule has 0 radical (unpaired) electrons. The van der Waals surface area contributed by atoms with E-state index < -0.39 is 30.9 Å². The van der Waals surface area contributed by atoms with Crippen molar-refractivity contribution < 1.29 is 28.5 Å². The number of aliphatic hydroxyl groups excluding tert-OH is 2. The number of fused-ring (bicyclic) bond motifs is 2. The van der Waals surface area contributed by atoms with Gasteiger partial charge in [0.1, 0.15) is 5.60 Å². The van der Waals surface area contributed by atoms with Crippen molar-refractivity contribution in [3.8, 4) is 5.69 Å². The molecule has 3 aromatic carbocycles. The van der Waals surface area contributed by atoms with Crippen molar-refractivity contribution in [2.75, 3.05) is 6.61 Å². The predicted molar refractivity (Wildman–Crippen MR) is 135 cm³/mol. The zero-order valence-electron chi connectivity index (χ0n) is 20.0. The van der Waals surface area contributed by atoms with E-state index in [1.54, 1.807) is 45.8 Å². The minimum Gasteiger partial charge on any atom is -0.394 e. The van der Waals surface area contributed by atoms with Crippen LogP contribution in [0.4, 0.5) is 13.2 Å². The van der Waals surface area contributed by atoms with Gasteiger partial charge in [-0.25, -0.2) is 4.68 Å². The van der Waals surface area contributed by atoms with Gasteiger partial charge >= 0.3 is 6.18 Å². The Hall–Kier alpha value is -3.66. The summed E-state index contributed by atoms with van der Waals surface area (Å²) >= 11 is 0. The van der Waals surface area contributed by atoms with Gasteiger partial charge < -0.3 is 19.9 Å². The molecule has 0 aliphatic carbocycles. The third-order valence-corrected chi connectivity index (χ3v) is 6.63. The Morgan fingerprint density at radius 1 is 0.973 bits per heavy atom. The number of benzene rings is 3. The van der Waals surface area contributed by atoms with E-state index in [9.17, 15) is 28.5 Å². The van der Waals surface area contributed by atoms with Crippen LogP contribution in [0.1, 0.15) is 23.1 Å². The number of halogens is 3. The van der Waals surface area contributed by atoms with Crippen LogP contribution in [0.3, 0.4) is 0 Å². The third kappa shape index (κ3) is 4.73. The second-order valence-electron chi connectivity index (χ2n) is 9.37. The van der Waals surface area contributed by atoms with Gasteiger partial charge in [0.2, 0.25) is 0 Å². The van der Waals surface area contributed by atoms with E-state index in [1.807, 2.05) is 31.2 Å². The van der Waals surface area contributed by atoms with Crippen LogP contribution < -0.4 is 0 Å². The quantitative estimate of drug-likeness (QED) is 0.294. The standard InChI is InChI=1S/C28H26F3N3O3/c1-18-6-9-21(10-7-18)34-25-11-8-20(12-19(25)13-32-34)27(37,17-28(29,30)31)24-15-33(14-22(36)16-35)26-5-3-2-4-23(24)26/h2-13,15,22,35-37H,14,16-17H2,1H3. The molecule has 0 aliphatic rings. The SMILES string of the molecule is Cc1ccc(-n2ncc3cc(C(O)(CC(F)(F)F)c4cn(CC(O)CO)c5ccccc45)ccc32)cc1. The molecule has 192 valence electrons. The molecule has 0 aliphatic heterocycles. The zero-order valence-corrected chi connectivity index (χ0v) is 20.0. The summed E-state index contributed by atoms with van der Waals surface area (Å²) in [7, 11) is 0. The lowest BCUT2D eigenvalue weighted by molar-refractivity contribution is -0.169. The highest BCUT2D eigenvalue weighted by molar-refractivity contribution is 5.86. The van der Waals surface area contributed by atoms with E-state index in [0.717, 1.165) is 11.3 Å². The van der Waals surface area contributed by atoms with E-state index in [2.05, 4.69) is 5.10 Å². The van der Waals surface area contributed by atoms with E-state index in [1.165, 1.54) is 18.3 Å². The van der Waals surface area contributed by atoms with Gasteiger partial charge in [-0.05, 0) is 42.8 Å². The topological polar surface area (TPSA) is 83.4 Å². The summed E-state index contributed by atoms with van der Waals surface area (Å²) < 4.78 is 45.0. The van der Waals surface area contributed by atoms with Gasteiger partial charge in [-0.15, -0.1) is 0 Å². The van der Waals surface area contributed by atoms with Crippen molar-refractivity contribution in [1.82, 2.24) is 14.3 Å².